The third-order valence-electron chi connectivity index (χ3n) is 4.02. The van der Waals surface area contributed by atoms with Crippen LogP contribution in [0, 0.1) is 6.92 Å². The second-order valence-corrected chi connectivity index (χ2v) is 6.63. The lowest BCUT2D eigenvalue weighted by atomic mass is 10.1. The van der Waals surface area contributed by atoms with E-state index in [9.17, 15) is 0 Å². The number of nitrogens with one attached hydrogen (secondary N) is 1. The summed E-state index contributed by atoms with van der Waals surface area (Å²) in [5.74, 6) is 0.865. The van der Waals surface area contributed by atoms with Gasteiger partial charge in [-0.1, -0.05) is 59.6 Å². The van der Waals surface area contributed by atoms with Gasteiger partial charge < -0.3 is 10.1 Å². The molecule has 4 heteroatoms. The minimum atomic E-state index is 0.504. The Bertz CT molecular complexity index is 847. The fourth-order valence-corrected chi connectivity index (χ4v) is 2.82. The van der Waals surface area contributed by atoms with Crippen LogP contribution in [-0.4, -0.2) is 0 Å². The Labute approximate surface area is 158 Å². The van der Waals surface area contributed by atoms with Crippen LogP contribution in [0.1, 0.15) is 16.7 Å². The van der Waals surface area contributed by atoms with E-state index in [-0.39, 0.29) is 0 Å². The van der Waals surface area contributed by atoms with Crippen molar-refractivity contribution in [2.45, 2.75) is 20.1 Å². The second-order valence-electron chi connectivity index (χ2n) is 5.79. The van der Waals surface area contributed by atoms with Crippen LogP contribution in [0.15, 0.2) is 66.7 Å². The lowest BCUT2D eigenvalue weighted by Crippen LogP contribution is -2.04. The van der Waals surface area contributed by atoms with E-state index in [0.29, 0.717) is 13.2 Å². The molecule has 0 atom stereocenters. The van der Waals surface area contributed by atoms with Crippen LogP contribution in [0.25, 0.3) is 0 Å². The van der Waals surface area contributed by atoms with E-state index in [2.05, 4.69) is 11.4 Å². The molecule has 2 nitrogen and oxygen atoms in total. The predicted octanol–water partition coefficient (Wildman–Crippen LogP) is 6.49. The summed E-state index contributed by atoms with van der Waals surface area (Å²) in [6.07, 6.45) is 0. The topological polar surface area (TPSA) is 21.3 Å². The molecule has 3 aromatic carbocycles. The Balaban J connectivity index is 1.68. The van der Waals surface area contributed by atoms with Gasteiger partial charge in [0.25, 0.3) is 0 Å². The van der Waals surface area contributed by atoms with Crippen LogP contribution in [0.2, 0.25) is 10.0 Å². The molecule has 128 valence electrons. The summed E-state index contributed by atoms with van der Waals surface area (Å²) < 4.78 is 6.00. The summed E-state index contributed by atoms with van der Waals surface area (Å²) in [4.78, 5) is 0. The number of halogens is 2. The van der Waals surface area contributed by atoms with E-state index >= 15 is 0 Å². The zero-order valence-electron chi connectivity index (χ0n) is 13.9. The van der Waals surface area contributed by atoms with Crippen LogP contribution in [-0.2, 0) is 13.2 Å². The highest BCUT2D eigenvalue weighted by molar-refractivity contribution is 6.31. The van der Waals surface area contributed by atoms with Crippen molar-refractivity contribution < 1.29 is 4.74 Å². The molecule has 0 bridgehead atoms. The second kappa shape index (κ2) is 8.28. The third kappa shape index (κ3) is 4.68. The molecule has 0 fully saturated rings. The van der Waals surface area contributed by atoms with Crippen LogP contribution in [0.3, 0.4) is 0 Å². The molecule has 0 spiro atoms. The van der Waals surface area contributed by atoms with Gasteiger partial charge in [0.2, 0.25) is 0 Å². The van der Waals surface area contributed by atoms with Crippen molar-refractivity contribution in [2.75, 3.05) is 5.32 Å². The van der Waals surface area contributed by atoms with Gasteiger partial charge in [0.1, 0.15) is 12.4 Å². The molecular formula is C21H19Cl2NO. The number of ether oxygens (including phenoxy) is 1. The number of hydrogen-bond acceptors (Lipinski definition) is 2. The maximum Gasteiger partial charge on any atom is 0.124 e. The maximum atomic E-state index is 6.18. The number of anilines is 1. The van der Waals surface area contributed by atoms with Gasteiger partial charge in [-0.05, 0) is 48.4 Å². The molecule has 3 aromatic rings. The molecule has 0 aliphatic carbocycles. The van der Waals surface area contributed by atoms with E-state index in [4.69, 9.17) is 27.9 Å². The van der Waals surface area contributed by atoms with Crippen molar-refractivity contribution in [1.82, 2.24) is 0 Å². The van der Waals surface area contributed by atoms with Crippen LogP contribution in [0.4, 0.5) is 5.69 Å². The number of para-hydroxylation sites is 1. The minimum Gasteiger partial charge on any atom is -0.489 e. The molecule has 0 radical (unpaired) electrons. The fraction of sp³-hybridized carbons (Fsp3) is 0.143. The molecule has 0 heterocycles. The van der Waals surface area contributed by atoms with Gasteiger partial charge in [-0.3, -0.25) is 0 Å². The van der Waals surface area contributed by atoms with Crippen molar-refractivity contribution >= 4 is 28.9 Å². The average Bonchev–Trinajstić information content (AvgIpc) is 2.63. The number of hydrogen-bond donors (Lipinski definition) is 1. The van der Waals surface area contributed by atoms with Crippen molar-refractivity contribution in [3.05, 3.63) is 93.5 Å². The standard InChI is InChI=1S/C21H19Cl2NO/c1-15-19(23)6-4-7-20(15)24-13-17-5-2-3-8-21(17)25-14-16-9-11-18(22)12-10-16/h2-12,24H,13-14H2,1H3. The highest BCUT2D eigenvalue weighted by Gasteiger charge is 2.06. The Hall–Kier alpha value is -2.16. The van der Waals surface area contributed by atoms with Crippen molar-refractivity contribution in [3.8, 4) is 5.75 Å². The number of rotatable bonds is 6. The Kier molecular flexibility index (Phi) is 5.85. The first-order valence-electron chi connectivity index (χ1n) is 8.07. The van der Waals surface area contributed by atoms with E-state index in [0.717, 1.165) is 38.2 Å². The lowest BCUT2D eigenvalue weighted by molar-refractivity contribution is 0.303. The van der Waals surface area contributed by atoms with Crippen LogP contribution >= 0.6 is 23.2 Å². The smallest absolute Gasteiger partial charge is 0.124 e. The molecule has 25 heavy (non-hydrogen) atoms. The zero-order valence-corrected chi connectivity index (χ0v) is 15.4. The molecule has 0 unspecified atom stereocenters. The summed E-state index contributed by atoms with van der Waals surface area (Å²) in [6.45, 7) is 3.18. The molecule has 1 N–H and O–H groups in total. The average molecular weight is 372 g/mol. The molecule has 3 rings (SSSR count). The summed E-state index contributed by atoms with van der Waals surface area (Å²) in [7, 11) is 0. The Morgan fingerprint density at radius 3 is 2.44 bits per heavy atom. The first kappa shape index (κ1) is 17.7. The van der Waals surface area contributed by atoms with Gasteiger partial charge in [0.05, 0.1) is 0 Å². The molecule has 0 aromatic heterocycles. The molecule has 0 aliphatic heterocycles. The molecule has 0 amide bonds. The summed E-state index contributed by atoms with van der Waals surface area (Å²) in [5, 5.41) is 4.92. The van der Waals surface area contributed by atoms with E-state index < -0.39 is 0 Å². The van der Waals surface area contributed by atoms with Crippen LogP contribution < -0.4 is 10.1 Å². The van der Waals surface area contributed by atoms with E-state index in [1.807, 2.05) is 67.6 Å². The summed E-state index contributed by atoms with van der Waals surface area (Å²) >= 11 is 12.1. The van der Waals surface area contributed by atoms with Crippen molar-refractivity contribution in [1.29, 1.82) is 0 Å². The number of benzene rings is 3. The molecule has 0 saturated heterocycles. The van der Waals surface area contributed by atoms with E-state index in [1.54, 1.807) is 0 Å². The van der Waals surface area contributed by atoms with Gasteiger partial charge >= 0.3 is 0 Å². The largest absolute Gasteiger partial charge is 0.489 e. The Morgan fingerprint density at radius 2 is 1.64 bits per heavy atom. The maximum absolute atomic E-state index is 6.18. The first-order chi connectivity index (χ1) is 12.1. The zero-order chi connectivity index (χ0) is 17.6. The van der Waals surface area contributed by atoms with E-state index in [1.165, 1.54) is 0 Å². The summed E-state index contributed by atoms with van der Waals surface area (Å²) in [6, 6.07) is 21.6. The van der Waals surface area contributed by atoms with Gasteiger partial charge in [-0.15, -0.1) is 0 Å². The van der Waals surface area contributed by atoms with Crippen molar-refractivity contribution in [2.24, 2.45) is 0 Å². The van der Waals surface area contributed by atoms with Crippen molar-refractivity contribution in [3.63, 3.8) is 0 Å². The fourth-order valence-electron chi connectivity index (χ4n) is 2.52. The summed E-state index contributed by atoms with van der Waals surface area (Å²) in [5.41, 5.74) is 4.25. The monoisotopic (exact) mass is 371 g/mol. The minimum absolute atomic E-state index is 0.504. The molecular weight excluding hydrogens is 353 g/mol. The molecule has 0 aliphatic rings. The van der Waals surface area contributed by atoms with Gasteiger partial charge in [0.15, 0.2) is 0 Å². The SMILES string of the molecule is Cc1c(Cl)cccc1NCc1ccccc1OCc1ccc(Cl)cc1. The van der Waals surface area contributed by atoms with Gasteiger partial charge in [-0.2, -0.15) is 0 Å². The highest BCUT2D eigenvalue weighted by Crippen LogP contribution is 2.25. The first-order valence-corrected chi connectivity index (χ1v) is 8.83. The molecule has 0 saturated carbocycles. The quantitative estimate of drug-likeness (QED) is 0.534. The predicted molar refractivity (Wildman–Crippen MR) is 106 cm³/mol. The Morgan fingerprint density at radius 1 is 0.880 bits per heavy atom. The van der Waals surface area contributed by atoms with Gasteiger partial charge in [-0.25, -0.2) is 0 Å². The lowest BCUT2D eigenvalue weighted by Gasteiger charge is -2.14. The normalized spacial score (nSPS) is 10.5. The van der Waals surface area contributed by atoms with Crippen LogP contribution in [0.5, 0.6) is 5.75 Å². The highest BCUT2D eigenvalue weighted by atomic mass is 35.5. The third-order valence-corrected chi connectivity index (χ3v) is 4.68. The van der Waals surface area contributed by atoms with Gasteiger partial charge in [0, 0.05) is 27.8 Å².